The highest BCUT2D eigenvalue weighted by atomic mass is 79.9. The van der Waals surface area contributed by atoms with Gasteiger partial charge < -0.3 is 16.2 Å². The number of hydrogen-bond acceptors (Lipinski definition) is 3. The zero-order valence-electron chi connectivity index (χ0n) is 8.11. The van der Waals surface area contributed by atoms with Gasteiger partial charge in [-0.05, 0) is 28.1 Å². The first kappa shape index (κ1) is 12.4. The molecule has 4 N–H and O–H groups in total. The monoisotopic (exact) mass is 289 g/mol. The molecule has 1 aromatic carbocycles. The molecule has 0 heterocycles. The van der Waals surface area contributed by atoms with Gasteiger partial charge in [0.15, 0.2) is 5.96 Å². The van der Waals surface area contributed by atoms with Crippen molar-refractivity contribution >= 4 is 27.9 Å². The summed E-state index contributed by atoms with van der Waals surface area (Å²) in [6, 6.07) is 3.74. The minimum atomic E-state index is -0.681. The lowest BCUT2D eigenvalue weighted by Gasteiger charge is -2.04. The van der Waals surface area contributed by atoms with Crippen molar-refractivity contribution in [1.29, 1.82) is 0 Å². The molecule has 0 aliphatic rings. The van der Waals surface area contributed by atoms with Crippen LogP contribution in [0.4, 0.5) is 4.39 Å². The molecule has 16 heavy (non-hydrogen) atoms. The van der Waals surface area contributed by atoms with Crippen molar-refractivity contribution < 1.29 is 13.9 Å². The predicted molar refractivity (Wildman–Crippen MR) is 60.4 cm³/mol. The van der Waals surface area contributed by atoms with Gasteiger partial charge >= 0.3 is 5.97 Å². The first-order valence-corrected chi connectivity index (χ1v) is 4.99. The van der Waals surface area contributed by atoms with Crippen molar-refractivity contribution in [3.63, 3.8) is 0 Å². The first-order valence-electron chi connectivity index (χ1n) is 4.20. The normalized spacial score (nSPS) is 9.62. The lowest BCUT2D eigenvalue weighted by atomic mass is 10.3. The van der Waals surface area contributed by atoms with Gasteiger partial charge in [-0.15, -0.1) is 0 Å². The zero-order chi connectivity index (χ0) is 12.1. The Morgan fingerprint density at radius 2 is 2.19 bits per heavy atom. The van der Waals surface area contributed by atoms with Gasteiger partial charge in [-0.1, -0.05) is 0 Å². The number of nitrogens with zero attached hydrogens (tertiary/aromatic N) is 1. The standard InChI is InChI=1S/C9H9BrFN3O2/c10-6-2-1-5(11)3-7(6)16-8(15)4-14-9(12)13/h1-3H,4H2,(H4,12,13,14). The van der Waals surface area contributed by atoms with E-state index in [1.165, 1.54) is 12.1 Å². The Morgan fingerprint density at radius 3 is 2.81 bits per heavy atom. The Hall–Kier alpha value is -1.63. The molecule has 0 unspecified atom stereocenters. The van der Waals surface area contributed by atoms with E-state index in [4.69, 9.17) is 16.2 Å². The van der Waals surface area contributed by atoms with E-state index in [1.807, 2.05) is 0 Å². The third-order valence-corrected chi connectivity index (χ3v) is 2.16. The number of ether oxygens (including phenoxy) is 1. The van der Waals surface area contributed by atoms with Crippen LogP contribution in [0.5, 0.6) is 5.75 Å². The molecule has 7 heteroatoms. The molecule has 0 aliphatic heterocycles. The maximum Gasteiger partial charge on any atom is 0.333 e. The summed E-state index contributed by atoms with van der Waals surface area (Å²) in [6.45, 7) is -0.314. The maximum absolute atomic E-state index is 12.8. The Morgan fingerprint density at radius 1 is 1.50 bits per heavy atom. The molecule has 1 rings (SSSR count). The van der Waals surface area contributed by atoms with Crippen LogP contribution in [0.3, 0.4) is 0 Å². The van der Waals surface area contributed by atoms with Crippen LogP contribution in [0.15, 0.2) is 27.7 Å². The lowest BCUT2D eigenvalue weighted by molar-refractivity contribution is -0.132. The number of nitrogens with two attached hydrogens (primary N) is 2. The number of carbonyl (C=O) groups is 1. The van der Waals surface area contributed by atoms with Crippen LogP contribution < -0.4 is 16.2 Å². The van der Waals surface area contributed by atoms with E-state index in [0.29, 0.717) is 4.47 Å². The highest BCUT2D eigenvalue weighted by Gasteiger charge is 2.08. The number of benzene rings is 1. The first-order chi connectivity index (χ1) is 7.49. The predicted octanol–water partition coefficient (Wildman–Crippen LogP) is 0.767. The van der Waals surface area contributed by atoms with E-state index in [1.54, 1.807) is 0 Å². The van der Waals surface area contributed by atoms with Crippen LogP contribution in [0, 0.1) is 5.82 Å². The minimum Gasteiger partial charge on any atom is -0.424 e. The summed E-state index contributed by atoms with van der Waals surface area (Å²) >= 11 is 3.11. The summed E-state index contributed by atoms with van der Waals surface area (Å²) in [5, 5.41) is 0. The quantitative estimate of drug-likeness (QED) is 0.372. The van der Waals surface area contributed by atoms with Crippen LogP contribution >= 0.6 is 15.9 Å². The molecule has 0 spiro atoms. The molecule has 86 valence electrons. The van der Waals surface area contributed by atoms with Gasteiger partial charge in [-0.3, -0.25) is 0 Å². The summed E-state index contributed by atoms with van der Waals surface area (Å²) < 4.78 is 18.1. The van der Waals surface area contributed by atoms with Crippen LogP contribution in [0.2, 0.25) is 0 Å². The summed E-state index contributed by atoms with van der Waals surface area (Å²) in [4.78, 5) is 14.7. The molecule has 1 aromatic rings. The number of esters is 1. The number of hydrogen-bond donors (Lipinski definition) is 2. The minimum absolute atomic E-state index is 0.0794. The molecule has 0 radical (unpaired) electrons. The van der Waals surface area contributed by atoms with E-state index < -0.39 is 11.8 Å². The molecule has 0 saturated heterocycles. The van der Waals surface area contributed by atoms with E-state index in [9.17, 15) is 9.18 Å². The molecular weight excluding hydrogens is 281 g/mol. The third kappa shape index (κ3) is 3.85. The topological polar surface area (TPSA) is 90.7 Å². The summed E-state index contributed by atoms with van der Waals surface area (Å²) in [6.07, 6.45) is 0. The molecule has 0 saturated carbocycles. The third-order valence-electron chi connectivity index (χ3n) is 1.51. The van der Waals surface area contributed by atoms with Crippen LogP contribution in [-0.4, -0.2) is 18.5 Å². The average Bonchev–Trinajstić information content (AvgIpc) is 2.20. The van der Waals surface area contributed by atoms with Gasteiger partial charge in [-0.25, -0.2) is 14.2 Å². The lowest BCUT2D eigenvalue weighted by Crippen LogP contribution is -2.25. The van der Waals surface area contributed by atoms with E-state index in [-0.39, 0.29) is 18.3 Å². The average molecular weight is 290 g/mol. The fraction of sp³-hybridized carbons (Fsp3) is 0.111. The van der Waals surface area contributed by atoms with Gasteiger partial charge in [0.1, 0.15) is 18.1 Å². The van der Waals surface area contributed by atoms with Gasteiger partial charge in [0.2, 0.25) is 0 Å². The fourth-order valence-electron chi connectivity index (χ4n) is 0.866. The summed E-state index contributed by atoms with van der Waals surface area (Å²) in [5.74, 6) is -1.32. The van der Waals surface area contributed by atoms with Gasteiger partial charge in [-0.2, -0.15) is 0 Å². The smallest absolute Gasteiger partial charge is 0.333 e. The van der Waals surface area contributed by atoms with Crippen LogP contribution in [0.25, 0.3) is 0 Å². The number of halogens is 2. The molecule has 0 aromatic heterocycles. The largest absolute Gasteiger partial charge is 0.424 e. The second-order valence-electron chi connectivity index (χ2n) is 2.79. The number of rotatable bonds is 3. The summed E-state index contributed by atoms with van der Waals surface area (Å²) in [5.41, 5.74) is 10.1. The molecule has 0 atom stereocenters. The highest BCUT2D eigenvalue weighted by molar-refractivity contribution is 9.10. The molecule has 0 aliphatic carbocycles. The molecule has 0 fully saturated rings. The Kier molecular flexibility index (Phi) is 4.24. The highest BCUT2D eigenvalue weighted by Crippen LogP contribution is 2.25. The molecule has 5 nitrogen and oxygen atoms in total. The van der Waals surface area contributed by atoms with Crippen molar-refractivity contribution in [3.05, 3.63) is 28.5 Å². The van der Waals surface area contributed by atoms with Gasteiger partial charge in [0.05, 0.1) is 4.47 Å². The fourth-order valence-corrected chi connectivity index (χ4v) is 1.19. The number of aliphatic imine (C=N–C) groups is 1. The van der Waals surface area contributed by atoms with Gasteiger partial charge in [0.25, 0.3) is 0 Å². The Bertz CT molecular complexity index is 433. The van der Waals surface area contributed by atoms with Crippen LogP contribution in [-0.2, 0) is 4.79 Å². The van der Waals surface area contributed by atoms with Gasteiger partial charge in [0, 0.05) is 6.07 Å². The molecule has 0 amide bonds. The Balaban J connectivity index is 2.69. The van der Waals surface area contributed by atoms with Crippen molar-refractivity contribution in [2.75, 3.05) is 6.54 Å². The van der Waals surface area contributed by atoms with Crippen LogP contribution in [0.1, 0.15) is 0 Å². The van der Waals surface area contributed by atoms with Crippen molar-refractivity contribution in [1.82, 2.24) is 0 Å². The maximum atomic E-state index is 12.8. The van der Waals surface area contributed by atoms with E-state index >= 15 is 0 Å². The van der Waals surface area contributed by atoms with Crippen molar-refractivity contribution in [2.45, 2.75) is 0 Å². The second kappa shape index (κ2) is 5.45. The summed E-state index contributed by atoms with van der Waals surface area (Å²) in [7, 11) is 0. The van der Waals surface area contributed by atoms with E-state index in [2.05, 4.69) is 20.9 Å². The molecular formula is C9H9BrFN3O2. The van der Waals surface area contributed by atoms with Crippen molar-refractivity contribution in [3.8, 4) is 5.75 Å². The Labute approximate surface area is 99.4 Å². The van der Waals surface area contributed by atoms with E-state index in [0.717, 1.165) is 6.07 Å². The zero-order valence-corrected chi connectivity index (χ0v) is 9.70. The second-order valence-corrected chi connectivity index (χ2v) is 3.64. The number of guanidine groups is 1. The molecule has 0 bridgehead atoms. The van der Waals surface area contributed by atoms with Crippen molar-refractivity contribution in [2.24, 2.45) is 16.5 Å². The number of carbonyl (C=O) groups excluding carboxylic acids is 1. The SMILES string of the molecule is NC(N)=NCC(=O)Oc1cc(F)ccc1Br.